The Morgan fingerprint density at radius 1 is 1.50 bits per heavy atom. The molecule has 0 bridgehead atoms. The van der Waals surface area contributed by atoms with Crippen molar-refractivity contribution in [3.63, 3.8) is 0 Å². The van der Waals surface area contributed by atoms with Crippen LogP contribution in [0.4, 0.5) is 0 Å². The zero-order valence-corrected chi connectivity index (χ0v) is 10.6. The molecule has 1 unspecified atom stereocenters. The minimum absolute atomic E-state index is 0.871. The Morgan fingerprint density at radius 2 is 2.44 bits per heavy atom. The van der Waals surface area contributed by atoms with Crippen LogP contribution in [0.2, 0.25) is 0 Å². The smallest absolute Gasteiger partial charge is 0.119 e. The van der Waals surface area contributed by atoms with Crippen molar-refractivity contribution in [3.05, 3.63) is 29.8 Å². The van der Waals surface area contributed by atoms with E-state index in [9.17, 15) is 0 Å². The average Bonchev–Trinajstić information content (AvgIpc) is 2.82. The Hall–Kier alpha value is -0.670. The molecule has 0 saturated carbocycles. The van der Waals surface area contributed by atoms with E-state index < -0.39 is 0 Å². The van der Waals surface area contributed by atoms with E-state index in [1.807, 2.05) is 12.1 Å². The third-order valence-electron chi connectivity index (χ3n) is 2.92. The Morgan fingerprint density at radius 3 is 3.19 bits per heavy atom. The second kappa shape index (κ2) is 6.16. The Bertz CT molecular complexity index is 323. The Labute approximate surface area is 102 Å². The highest BCUT2D eigenvalue weighted by Gasteiger charge is 2.14. The van der Waals surface area contributed by atoms with E-state index in [1.54, 1.807) is 7.11 Å². The number of benzene rings is 1. The van der Waals surface area contributed by atoms with E-state index in [0.29, 0.717) is 0 Å². The fraction of sp³-hybridized carbons (Fsp3) is 0.538. The summed E-state index contributed by atoms with van der Waals surface area (Å²) in [5, 5.41) is 3.53. The maximum Gasteiger partial charge on any atom is 0.119 e. The zero-order chi connectivity index (χ0) is 11.2. The molecule has 1 aliphatic rings. The van der Waals surface area contributed by atoms with Gasteiger partial charge in [-0.3, -0.25) is 0 Å². The van der Waals surface area contributed by atoms with Crippen molar-refractivity contribution >= 4 is 11.8 Å². The molecule has 1 atom stereocenters. The van der Waals surface area contributed by atoms with Crippen molar-refractivity contribution in [2.45, 2.75) is 13.0 Å². The first-order chi connectivity index (χ1) is 7.88. The highest BCUT2D eigenvalue weighted by atomic mass is 32.2. The molecule has 0 aromatic heterocycles. The molecule has 1 fully saturated rings. The molecule has 3 heteroatoms. The topological polar surface area (TPSA) is 21.3 Å². The first-order valence-electron chi connectivity index (χ1n) is 5.80. The van der Waals surface area contributed by atoms with Crippen LogP contribution in [0.25, 0.3) is 0 Å². The molecule has 2 nitrogen and oxygen atoms in total. The minimum atomic E-state index is 0.871. The lowest BCUT2D eigenvalue weighted by Crippen LogP contribution is -2.22. The van der Waals surface area contributed by atoms with Gasteiger partial charge < -0.3 is 10.1 Å². The molecule has 1 aromatic carbocycles. The standard InChI is InChI=1S/C13H19NOS/c1-15-13-4-2-3-11(7-13)8-14-9-12-5-6-16-10-12/h2-4,7,12,14H,5-6,8-10H2,1H3. The molecule has 1 N–H and O–H groups in total. The molecule has 16 heavy (non-hydrogen) atoms. The zero-order valence-electron chi connectivity index (χ0n) is 9.74. The summed E-state index contributed by atoms with van der Waals surface area (Å²) in [6.07, 6.45) is 1.37. The van der Waals surface area contributed by atoms with E-state index in [2.05, 4.69) is 29.2 Å². The minimum Gasteiger partial charge on any atom is -0.497 e. The van der Waals surface area contributed by atoms with Crippen LogP contribution in [0.15, 0.2) is 24.3 Å². The molecule has 2 rings (SSSR count). The maximum absolute atomic E-state index is 5.20. The lowest BCUT2D eigenvalue weighted by atomic mass is 10.1. The van der Waals surface area contributed by atoms with Gasteiger partial charge in [0.05, 0.1) is 7.11 Å². The summed E-state index contributed by atoms with van der Waals surface area (Å²) in [4.78, 5) is 0. The molecule has 0 amide bonds. The van der Waals surface area contributed by atoms with E-state index in [4.69, 9.17) is 4.74 Å². The van der Waals surface area contributed by atoms with Crippen molar-refractivity contribution in [1.82, 2.24) is 5.32 Å². The second-order valence-corrected chi connectivity index (χ2v) is 5.36. The van der Waals surface area contributed by atoms with Gasteiger partial charge in [-0.2, -0.15) is 11.8 Å². The summed E-state index contributed by atoms with van der Waals surface area (Å²) in [5.41, 5.74) is 1.30. The van der Waals surface area contributed by atoms with Crippen molar-refractivity contribution < 1.29 is 4.74 Å². The lowest BCUT2D eigenvalue weighted by molar-refractivity contribution is 0.414. The van der Waals surface area contributed by atoms with Gasteiger partial charge in [0.15, 0.2) is 0 Å². The molecule has 0 radical (unpaired) electrons. The molecule has 1 aromatic rings. The van der Waals surface area contributed by atoms with Crippen LogP contribution in [0.1, 0.15) is 12.0 Å². The highest BCUT2D eigenvalue weighted by Crippen LogP contribution is 2.22. The van der Waals surface area contributed by atoms with Crippen molar-refractivity contribution in [2.75, 3.05) is 25.2 Å². The number of rotatable bonds is 5. The predicted octanol–water partition coefficient (Wildman–Crippen LogP) is 2.54. The van der Waals surface area contributed by atoms with Gasteiger partial charge in [-0.1, -0.05) is 12.1 Å². The maximum atomic E-state index is 5.20. The van der Waals surface area contributed by atoms with E-state index in [-0.39, 0.29) is 0 Å². The summed E-state index contributed by atoms with van der Waals surface area (Å²) in [7, 11) is 1.71. The Balaban J connectivity index is 1.75. The first-order valence-corrected chi connectivity index (χ1v) is 6.95. The van der Waals surface area contributed by atoms with Crippen LogP contribution < -0.4 is 10.1 Å². The third-order valence-corrected chi connectivity index (χ3v) is 4.15. The van der Waals surface area contributed by atoms with Crippen molar-refractivity contribution in [3.8, 4) is 5.75 Å². The molecule has 0 aliphatic carbocycles. The number of hydrogen-bond donors (Lipinski definition) is 1. The van der Waals surface area contributed by atoms with Crippen LogP contribution in [0.5, 0.6) is 5.75 Å². The monoisotopic (exact) mass is 237 g/mol. The van der Waals surface area contributed by atoms with Crippen LogP contribution in [0.3, 0.4) is 0 Å². The van der Waals surface area contributed by atoms with Gasteiger partial charge in [-0.15, -0.1) is 0 Å². The normalized spacial score (nSPS) is 19.9. The molecular formula is C13H19NOS. The van der Waals surface area contributed by atoms with Crippen LogP contribution in [-0.4, -0.2) is 25.2 Å². The lowest BCUT2D eigenvalue weighted by Gasteiger charge is -2.10. The largest absolute Gasteiger partial charge is 0.497 e. The van der Waals surface area contributed by atoms with Crippen LogP contribution in [-0.2, 0) is 6.54 Å². The molecule has 0 spiro atoms. The number of methoxy groups -OCH3 is 1. The average molecular weight is 237 g/mol. The van der Waals surface area contributed by atoms with Gasteiger partial charge >= 0.3 is 0 Å². The summed E-state index contributed by atoms with van der Waals surface area (Å²) < 4.78 is 5.20. The molecule has 1 aliphatic heterocycles. The van der Waals surface area contributed by atoms with Gasteiger partial charge in [-0.25, -0.2) is 0 Å². The number of thioether (sulfide) groups is 1. The van der Waals surface area contributed by atoms with E-state index in [1.165, 1.54) is 23.5 Å². The van der Waals surface area contributed by atoms with Crippen molar-refractivity contribution in [2.24, 2.45) is 5.92 Å². The van der Waals surface area contributed by atoms with Gasteiger partial charge in [-0.05, 0) is 48.1 Å². The van der Waals surface area contributed by atoms with E-state index in [0.717, 1.165) is 24.8 Å². The summed E-state index contributed by atoms with van der Waals surface area (Å²) in [6.45, 7) is 2.09. The predicted molar refractivity (Wildman–Crippen MR) is 70.1 cm³/mol. The summed E-state index contributed by atoms with van der Waals surface area (Å²) in [5.74, 6) is 4.47. The fourth-order valence-electron chi connectivity index (χ4n) is 1.95. The molecule has 88 valence electrons. The molecular weight excluding hydrogens is 218 g/mol. The fourth-order valence-corrected chi connectivity index (χ4v) is 3.23. The van der Waals surface area contributed by atoms with Crippen molar-refractivity contribution in [1.29, 1.82) is 0 Å². The molecule has 1 saturated heterocycles. The number of nitrogens with one attached hydrogen (secondary N) is 1. The third kappa shape index (κ3) is 3.42. The Kier molecular flexibility index (Phi) is 4.55. The SMILES string of the molecule is COc1cccc(CNCC2CCSC2)c1. The second-order valence-electron chi connectivity index (χ2n) is 4.21. The molecule has 1 heterocycles. The summed E-state index contributed by atoms with van der Waals surface area (Å²) >= 11 is 2.07. The van der Waals surface area contributed by atoms with Gasteiger partial charge in [0.2, 0.25) is 0 Å². The first kappa shape index (κ1) is 11.8. The highest BCUT2D eigenvalue weighted by molar-refractivity contribution is 7.99. The van der Waals surface area contributed by atoms with Gasteiger partial charge in [0.1, 0.15) is 5.75 Å². The number of hydrogen-bond acceptors (Lipinski definition) is 3. The van der Waals surface area contributed by atoms with Crippen LogP contribution in [0, 0.1) is 5.92 Å². The van der Waals surface area contributed by atoms with E-state index >= 15 is 0 Å². The van der Waals surface area contributed by atoms with Crippen LogP contribution >= 0.6 is 11.8 Å². The quantitative estimate of drug-likeness (QED) is 0.850. The number of ether oxygens (including phenoxy) is 1. The summed E-state index contributed by atoms with van der Waals surface area (Å²) in [6, 6.07) is 8.26. The van der Waals surface area contributed by atoms with Gasteiger partial charge in [0.25, 0.3) is 0 Å². The van der Waals surface area contributed by atoms with Gasteiger partial charge in [0, 0.05) is 6.54 Å².